The van der Waals surface area contributed by atoms with Crippen molar-refractivity contribution in [1.29, 1.82) is 0 Å². The molecule has 1 aromatic heterocycles. The van der Waals surface area contributed by atoms with Gasteiger partial charge in [0, 0.05) is 25.4 Å². The number of hydrogen-bond acceptors (Lipinski definition) is 3. The van der Waals surface area contributed by atoms with Gasteiger partial charge in [-0.3, -0.25) is 14.6 Å². The number of nitrogens with one attached hydrogen (secondary N) is 1. The van der Waals surface area contributed by atoms with Gasteiger partial charge < -0.3 is 10.4 Å². The summed E-state index contributed by atoms with van der Waals surface area (Å²) in [5.74, 6) is -0.803. The maximum absolute atomic E-state index is 11.8. The first kappa shape index (κ1) is 15.4. The third-order valence-corrected chi connectivity index (χ3v) is 3.12. The van der Waals surface area contributed by atoms with Crippen molar-refractivity contribution in [2.24, 2.45) is 5.92 Å². The van der Waals surface area contributed by atoms with Crippen LogP contribution < -0.4 is 5.32 Å². The molecule has 0 aliphatic rings. The molecule has 0 aromatic carbocycles. The number of carbonyl (C=O) groups is 2. The van der Waals surface area contributed by atoms with E-state index in [1.807, 2.05) is 6.92 Å². The monoisotopic (exact) mass is 284 g/mol. The summed E-state index contributed by atoms with van der Waals surface area (Å²) in [7, 11) is 0. The summed E-state index contributed by atoms with van der Waals surface area (Å²) < 4.78 is 0. The van der Waals surface area contributed by atoms with E-state index in [1.165, 1.54) is 12.4 Å². The second-order valence-corrected chi connectivity index (χ2v) is 4.84. The molecule has 0 radical (unpaired) electrons. The van der Waals surface area contributed by atoms with E-state index in [9.17, 15) is 9.59 Å². The molecule has 19 heavy (non-hydrogen) atoms. The van der Waals surface area contributed by atoms with Gasteiger partial charge >= 0.3 is 5.97 Å². The molecular formula is C13H17ClN2O3. The molecule has 1 heterocycles. The standard InChI is InChI=1S/C13H17ClN2O3/c1-9(2-3-12(17)18)4-7-16-13(19)10-8-15-6-5-11(10)14/h5-6,8-9H,2-4,7H2,1H3,(H,16,19)(H,17,18). The topological polar surface area (TPSA) is 79.3 Å². The number of carboxylic acids is 1. The third kappa shape index (κ3) is 5.70. The maximum atomic E-state index is 11.8. The van der Waals surface area contributed by atoms with Gasteiger partial charge in [-0.25, -0.2) is 0 Å². The number of rotatable bonds is 7. The number of carboxylic acid groups (broad SMARTS) is 1. The Morgan fingerprint density at radius 3 is 2.84 bits per heavy atom. The van der Waals surface area contributed by atoms with E-state index >= 15 is 0 Å². The predicted molar refractivity (Wildman–Crippen MR) is 72.2 cm³/mol. The Morgan fingerprint density at radius 2 is 2.21 bits per heavy atom. The number of aliphatic carboxylic acids is 1. The van der Waals surface area contributed by atoms with Crippen LogP contribution in [0, 0.1) is 5.92 Å². The van der Waals surface area contributed by atoms with Crippen LogP contribution in [-0.2, 0) is 4.79 Å². The summed E-state index contributed by atoms with van der Waals surface area (Å²) >= 11 is 5.88. The molecule has 2 N–H and O–H groups in total. The van der Waals surface area contributed by atoms with Gasteiger partial charge in [-0.15, -0.1) is 0 Å². The predicted octanol–water partition coefficient (Wildman–Crippen LogP) is 2.36. The van der Waals surface area contributed by atoms with E-state index in [-0.39, 0.29) is 18.2 Å². The molecule has 0 saturated carbocycles. The van der Waals surface area contributed by atoms with Crippen LogP contribution in [0.15, 0.2) is 18.5 Å². The molecule has 5 nitrogen and oxygen atoms in total. The van der Waals surface area contributed by atoms with Crippen LogP contribution in [0.25, 0.3) is 0 Å². The van der Waals surface area contributed by atoms with Crippen molar-refractivity contribution in [2.45, 2.75) is 26.2 Å². The lowest BCUT2D eigenvalue weighted by Gasteiger charge is -2.11. The van der Waals surface area contributed by atoms with E-state index in [2.05, 4.69) is 10.3 Å². The fourth-order valence-corrected chi connectivity index (χ4v) is 1.78. The lowest BCUT2D eigenvalue weighted by atomic mass is 10.0. The lowest BCUT2D eigenvalue weighted by molar-refractivity contribution is -0.137. The number of hydrogen-bond donors (Lipinski definition) is 2. The fraction of sp³-hybridized carbons (Fsp3) is 0.462. The van der Waals surface area contributed by atoms with Gasteiger partial charge in [-0.2, -0.15) is 0 Å². The van der Waals surface area contributed by atoms with Gasteiger partial charge in [0.2, 0.25) is 0 Å². The number of pyridine rings is 1. The van der Waals surface area contributed by atoms with Gasteiger partial charge in [-0.1, -0.05) is 18.5 Å². The molecule has 1 atom stereocenters. The minimum absolute atomic E-state index is 0.156. The van der Waals surface area contributed by atoms with Gasteiger partial charge in [0.1, 0.15) is 0 Å². The molecule has 104 valence electrons. The SMILES string of the molecule is CC(CCNC(=O)c1cnccc1Cl)CCC(=O)O. The summed E-state index contributed by atoms with van der Waals surface area (Å²) in [6.45, 7) is 2.46. The van der Waals surface area contributed by atoms with Crippen molar-refractivity contribution in [1.82, 2.24) is 10.3 Å². The van der Waals surface area contributed by atoms with Crippen LogP contribution in [0.2, 0.25) is 5.02 Å². The van der Waals surface area contributed by atoms with Crippen molar-refractivity contribution in [2.75, 3.05) is 6.54 Å². The van der Waals surface area contributed by atoms with Crippen LogP contribution in [0.1, 0.15) is 36.5 Å². The molecule has 1 rings (SSSR count). The molecule has 0 aliphatic heterocycles. The largest absolute Gasteiger partial charge is 0.481 e. The van der Waals surface area contributed by atoms with Crippen LogP contribution in [0.5, 0.6) is 0 Å². The Hall–Kier alpha value is -1.62. The van der Waals surface area contributed by atoms with Crippen molar-refractivity contribution in [3.8, 4) is 0 Å². The van der Waals surface area contributed by atoms with Crippen LogP contribution in [0.3, 0.4) is 0 Å². The van der Waals surface area contributed by atoms with Gasteiger partial charge in [0.05, 0.1) is 10.6 Å². The summed E-state index contributed by atoms with van der Waals surface area (Å²) in [4.78, 5) is 26.0. The van der Waals surface area contributed by atoms with E-state index in [0.29, 0.717) is 23.6 Å². The second-order valence-electron chi connectivity index (χ2n) is 4.44. The molecule has 0 fully saturated rings. The average molecular weight is 285 g/mol. The molecule has 0 saturated heterocycles. The molecule has 0 spiro atoms. The Morgan fingerprint density at radius 1 is 1.47 bits per heavy atom. The molecule has 0 aliphatic carbocycles. The first-order valence-corrected chi connectivity index (χ1v) is 6.48. The first-order valence-electron chi connectivity index (χ1n) is 6.10. The first-order chi connectivity index (χ1) is 9.00. The van der Waals surface area contributed by atoms with E-state index in [0.717, 1.165) is 6.42 Å². The molecule has 6 heteroatoms. The highest BCUT2D eigenvalue weighted by Gasteiger charge is 2.10. The Labute approximate surface area is 117 Å². The third-order valence-electron chi connectivity index (χ3n) is 2.79. The van der Waals surface area contributed by atoms with Crippen LogP contribution >= 0.6 is 11.6 Å². The van der Waals surface area contributed by atoms with Crippen molar-refractivity contribution in [3.05, 3.63) is 29.0 Å². The van der Waals surface area contributed by atoms with Gasteiger partial charge in [0.25, 0.3) is 5.91 Å². The zero-order chi connectivity index (χ0) is 14.3. The zero-order valence-corrected chi connectivity index (χ0v) is 11.5. The average Bonchev–Trinajstić information content (AvgIpc) is 2.36. The Balaban J connectivity index is 2.31. The smallest absolute Gasteiger partial charge is 0.303 e. The van der Waals surface area contributed by atoms with E-state index in [1.54, 1.807) is 6.07 Å². The quantitative estimate of drug-likeness (QED) is 0.805. The van der Waals surface area contributed by atoms with E-state index in [4.69, 9.17) is 16.7 Å². The van der Waals surface area contributed by atoms with E-state index < -0.39 is 5.97 Å². The number of nitrogens with zero attached hydrogens (tertiary/aromatic N) is 1. The van der Waals surface area contributed by atoms with Crippen LogP contribution in [0.4, 0.5) is 0 Å². The number of amides is 1. The Kier molecular flexibility index (Phi) is 6.29. The summed E-state index contributed by atoms with van der Waals surface area (Å²) in [5, 5.41) is 11.7. The lowest BCUT2D eigenvalue weighted by Crippen LogP contribution is -2.26. The molecule has 1 amide bonds. The summed E-state index contributed by atoms with van der Waals surface area (Å²) in [6, 6.07) is 1.56. The highest BCUT2D eigenvalue weighted by atomic mass is 35.5. The molecular weight excluding hydrogens is 268 g/mol. The second kappa shape index (κ2) is 7.74. The summed E-state index contributed by atoms with van der Waals surface area (Å²) in [6.07, 6.45) is 4.44. The normalized spacial score (nSPS) is 11.9. The van der Waals surface area contributed by atoms with Crippen molar-refractivity contribution in [3.63, 3.8) is 0 Å². The zero-order valence-electron chi connectivity index (χ0n) is 10.7. The minimum atomic E-state index is -0.793. The molecule has 1 aromatic rings. The summed E-state index contributed by atoms with van der Waals surface area (Å²) in [5.41, 5.74) is 0.349. The van der Waals surface area contributed by atoms with Gasteiger partial charge in [0.15, 0.2) is 0 Å². The van der Waals surface area contributed by atoms with Crippen LogP contribution in [-0.4, -0.2) is 28.5 Å². The minimum Gasteiger partial charge on any atom is -0.481 e. The van der Waals surface area contributed by atoms with Crippen molar-refractivity contribution >= 4 is 23.5 Å². The molecule has 1 unspecified atom stereocenters. The fourth-order valence-electron chi connectivity index (χ4n) is 1.59. The maximum Gasteiger partial charge on any atom is 0.303 e. The van der Waals surface area contributed by atoms with Crippen molar-refractivity contribution < 1.29 is 14.7 Å². The number of aromatic nitrogens is 1. The Bertz CT molecular complexity index is 451. The van der Waals surface area contributed by atoms with Gasteiger partial charge in [-0.05, 0) is 24.8 Å². The molecule has 0 bridgehead atoms. The highest BCUT2D eigenvalue weighted by molar-refractivity contribution is 6.33. The number of carbonyl (C=O) groups excluding carboxylic acids is 1. The highest BCUT2D eigenvalue weighted by Crippen LogP contribution is 2.13. The number of halogens is 1.